The highest BCUT2D eigenvalue weighted by Crippen LogP contribution is 2.39. The fourth-order valence-corrected chi connectivity index (χ4v) is 2.62. The Morgan fingerprint density at radius 1 is 1.50 bits per heavy atom. The lowest BCUT2D eigenvalue weighted by molar-refractivity contribution is 0.370. The van der Waals surface area contributed by atoms with Crippen molar-refractivity contribution in [2.75, 3.05) is 6.54 Å². The van der Waals surface area contributed by atoms with Crippen LogP contribution in [-0.4, -0.2) is 12.6 Å². The Balaban J connectivity index is 2.03. The third kappa shape index (κ3) is 1.71. The molecule has 3 atom stereocenters. The van der Waals surface area contributed by atoms with E-state index in [0.717, 1.165) is 12.3 Å². The van der Waals surface area contributed by atoms with Crippen molar-refractivity contribution in [3.05, 3.63) is 24.2 Å². The van der Waals surface area contributed by atoms with Crippen LogP contribution in [0.5, 0.6) is 0 Å². The molecular weight excluding hydrogens is 174 g/mol. The molecule has 0 bridgehead atoms. The second-order valence-corrected chi connectivity index (χ2v) is 4.22. The smallest absolute Gasteiger partial charge is 0.107 e. The molecule has 2 heteroatoms. The summed E-state index contributed by atoms with van der Waals surface area (Å²) in [4.78, 5) is 0. The van der Waals surface area contributed by atoms with Crippen molar-refractivity contribution in [2.24, 2.45) is 5.92 Å². The van der Waals surface area contributed by atoms with Gasteiger partial charge >= 0.3 is 0 Å². The van der Waals surface area contributed by atoms with Crippen LogP contribution in [0, 0.1) is 5.92 Å². The van der Waals surface area contributed by atoms with E-state index in [0.29, 0.717) is 17.9 Å². The van der Waals surface area contributed by atoms with Gasteiger partial charge in [0.1, 0.15) is 5.76 Å². The minimum absolute atomic E-state index is 0.619. The molecule has 1 saturated carbocycles. The zero-order chi connectivity index (χ0) is 9.97. The van der Waals surface area contributed by atoms with E-state index < -0.39 is 0 Å². The van der Waals surface area contributed by atoms with Crippen LogP contribution < -0.4 is 5.32 Å². The predicted molar refractivity (Wildman–Crippen MR) is 57.3 cm³/mol. The molecule has 14 heavy (non-hydrogen) atoms. The second-order valence-electron chi connectivity index (χ2n) is 4.22. The first kappa shape index (κ1) is 9.78. The third-order valence-corrected chi connectivity index (χ3v) is 3.43. The molecule has 0 aliphatic heterocycles. The van der Waals surface area contributed by atoms with E-state index in [-0.39, 0.29) is 0 Å². The van der Waals surface area contributed by atoms with Crippen molar-refractivity contribution in [1.82, 2.24) is 5.32 Å². The zero-order valence-corrected chi connectivity index (χ0v) is 8.99. The third-order valence-electron chi connectivity index (χ3n) is 3.43. The van der Waals surface area contributed by atoms with Gasteiger partial charge in [0, 0.05) is 12.0 Å². The highest BCUT2D eigenvalue weighted by molar-refractivity contribution is 5.10. The largest absolute Gasteiger partial charge is 0.469 e. The van der Waals surface area contributed by atoms with E-state index in [1.54, 1.807) is 6.26 Å². The molecule has 1 N–H and O–H groups in total. The minimum Gasteiger partial charge on any atom is -0.469 e. The summed E-state index contributed by atoms with van der Waals surface area (Å²) in [6, 6.07) is 4.77. The van der Waals surface area contributed by atoms with Gasteiger partial charge in [0.05, 0.1) is 6.26 Å². The van der Waals surface area contributed by atoms with Crippen LogP contribution in [0.2, 0.25) is 0 Å². The molecule has 2 rings (SSSR count). The van der Waals surface area contributed by atoms with E-state index in [1.165, 1.54) is 12.8 Å². The summed E-state index contributed by atoms with van der Waals surface area (Å²) < 4.78 is 5.49. The molecule has 78 valence electrons. The summed E-state index contributed by atoms with van der Waals surface area (Å²) in [6.45, 7) is 5.57. The summed E-state index contributed by atoms with van der Waals surface area (Å²) in [5.41, 5.74) is 0. The zero-order valence-electron chi connectivity index (χ0n) is 8.99. The van der Waals surface area contributed by atoms with Gasteiger partial charge in [-0.3, -0.25) is 0 Å². The predicted octanol–water partition coefficient (Wildman–Crippen LogP) is 2.77. The molecular formula is C12H19NO. The van der Waals surface area contributed by atoms with Crippen LogP contribution in [0.3, 0.4) is 0 Å². The first-order valence-electron chi connectivity index (χ1n) is 5.59. The number of hydrogen-bond acceptors (Lipinski definition) is 2. The van der Waals surface area contributed by atoms with Crippen LogP contribution in [0.15, 0.2) is 22.8 Å². The molecule has 0 saturated heterocycles. The Kier molecular flexibility index (Phi) is 2.92. The number of rotatable bonds is 3. The Labute approximate surface area is 85.7 Å². The fraction of sp³-hybridized carbons (Fsp3) is 0.667. The lowest BCUT2D eigenvalue weighted by atomic mass is 9.93. The van der Waals surface area contributed by atoms with E-state index in [2.05, 4.69) is 25.2 Å². The Morgan fingerprint density at radius 3 is 3.00 bits per heavy atom. The van der Waals surface area contributed by atoms with Crippen molar-refractivity contribution in [3.8, 4) is 0 Å². The Morgan fingerprint density at radius 2 is 2.36 bits per heavy atom. The van der Waals surface area contributed by atoms with Crippen molar-refractivity contribution in [3.63, 3.8) is 0 Å². The Bertz CT molecular complexity index is 268. The van der Waals surface area contributed by atoms with Crippen molar-refractivity contribution < 1.29 is 4.42 Å². The minimum atomic E-state index is 0.619. The highest BCUT2D eigenvalue weighted by Gasteiger charge is 2.34. The molecule has 0 aromatic carbocycles. The van der Waals surface area contributed by atoms with E-state index in [4.69, 9.17) is 4.42 Å². The topological polar surface area (TPSA) is 25.2 Å². The summed E-state index contributed by atoms with van der Waals surface area (Å²) in [5, 5.41) is 3.54. The molecule has 1 aliphatic carbocycles. The van der Waals surface area contributed by atoms with Crippen molar-refractivity contribution in [1.29, 1.82) is 0 Å². The maximum Gasteiger partial charge on any atom is 0.107 e. The molecule has 0 amide bonds. The summed E-state index contributed by atoms with van der Waals surface area (Å²) in [5.74, 6) is 2.48. The highest BCUT2D eigenvalue weighted by atomic mass is 16.3. The van der Waals surface area contributed by atoms with Gasteiger partial charge in [-0.1, -0.05) is 13.8 Å². The van der Waals surface area contributed by atoms with Gasteiger partial charge in [0.15, 0.2) is 0 Å². The average Bonchev–Trinajstić information content (AvgIpc) is 2.77. The van der Waals surface area contributed by atoms with Gasteiger partial charge in [0.2, 0.25) is 0 Å². The van der Waals surface area contributed by atoms with Crippen LogP contribution >= 0.6 is 0 Å². The molecule has 0 spiro atoms. The molecule has 1 aliphatic rings. The second kappa shape index (κ2) is 4.18. The lowest BCUT2D eigenvalue weighted by Crippen LogP contribution is -2.31. The molecule has 1 fully saturated rings. The molecule has 2 nitrogen and oxygen atoms in total. The molecule has 1 aromatic rings. The van der Waals surface area contributed by atoms with Crippen LogP contribution in [0.4, 0.5) is 0 Å². The van der Waals surface area contributed by atoms with Crippen LogP contribution in [-0.2, 0) is 0 Å². The number of furan rings is 1. The molecule has 1 aromatic heterocycles. The Hall–Kier alpha value is -0.760. The standard InChI is InChI=1S/C12H19NO/c1-3-13-11-7-6-10(9(11)2)12-5-4-8-14-12/h4-5,8-11,13H,3,6-7H2,1-2H3. The van der Waals surface area contributed by atoms with Gasteiger partial charge in [-0.05, 0) is 37.4 Å². The van der Waals surface area contributed by atoms with E-state index in [1.807, 2.05) is 6.07 Å². The molecule has 0 radical (unpaired) electrons. The van der Waals surface area contributed by atoms with Crippen molar-refractivity contribution in [2.45, 2.75) is 38.6 Å². The van der Waals surface area contributed by atoms with Crippen LogP contribution in [0.1, 0.15) is 38.4 Å². The van der Waals surface area contributed by atoms with Gasteiger partial charge in [-0.15, -0.1) is 0 Å². The van der Waals surface area contributed by atoms with Crippen LogP contribution in [0.25, 0.3) is 0 Å². The molecule has 1 heterocycles. The van der Waals surface area contributed by atoms with E-state index >= 15 is 0 Å². The monoisotopic (exact) mass is 193 g/mol. The summed E-state index contributed by atoms with van der Waals surface area (Å²) >= 11 is 0. The summed E-state index contributed by atoms with van der Waals surface area (Å²) in [7, 11) is 0. The average molecular weight is 193 g/mol. The maximum absolute atomic E-state index is 5.49. The first-order chi connectivity index (χ1) is 6.83. The van der Waals surface area contributed by atoms with Gasteiger partial charge < -0.3 is 9.73 Å². The van der Waals surface area contributed by atoms with E-state index in [9.17, 15) is 0 Å². The lowest BCUT2D eigenvalue weighted by Gasteiger charge is -2.19. The first-order valence-corrected chi connectivity index (χ1v) is 5.59. The van der Waals surface area contributed by atoms with Crippen molar-refractivity contribution >= 4 is 0 Å². The normalized spacial score (nSPS) is 32.3. The number of nitrogens with one attached hydrogen (secondary N) is 1. The van der Waals surface area contributed by atoms with Gasteiger partial charge in [0.25, 0.3) is 0 Å². The number of hydrogen-bond donors (Lipinski definition) is 1. The van der Waals surface area contributed by atoms with Gasteiger partial charge in [-0.25, -0.2) is 0 Å². The SMILES string of the molecule is CCNC1CCC(c2ccco2)C1C. The molecule has 3 unspecified atom stereocenters. The fourth-order valence-electron chi connectivity index (χ4n) is 2.62. The summed E-state index contributed by atoms with van der Waals surface area (Å²) in [6.07, 6.45) is 4.31. The quantitative estimate of drug-likeness (QED) is 0.798. The maximum atomic E-state index is 5.49. The van der Waals surface area contributed by atoms with Gasteiger partial charge in [-0.2, -0.15) is 0 Å².